The molecule has 114 valence electrons. The molecule has 1 atom stereocenters. The third-order valence-corrected chi connectivity index (χ3v) is 2.54. The van der Waals surface area contributed by atoms with Crippen molar-refractivity contribution in [2.45, 2.75) is 32.8 Å². The number of nitro groups is 1. The summed E-state index contributed by atoms with van der Waals surface area (Å²) >= 11 is 0. The fourth-order valence-electron chi connectivity index (χ4n) is 1.47. The maximum absolute atomic E-state index is 11.7. The van der Waals surface area contributed by atoms with E-state index in [0.29, 0.717) is 12.8 Å². The Hall–Kier alpha value is -2.64. The van der Waals surface area contributed by atoms with E-state index in [-0.39, 0.29) is 17.3 Å². The van der Waals surface area contributed by atoms with Gasteiger partial charge in [-0.15, -0.1) is 0 Å². The monoisotopic (exact) mass is 295 g/mol. The minimum atomic E-state index is -0.993. The summed E-state index contributed by atoms with van der Waals surface area (Å²) < 4.78 is 5.26. The Bertz CT molecular complexity index is 532. The van der Waals surface area contributed by atoms with Gasteiger partial charge in [0.05, 0.1) is 4.92 Å². The van der Waals surface area contributed by atoms with Crippen molar-refractivity contribution in [1.29, 1.82) is 0 Å². The molecule has 1 unspecified atom stereocenters. The predicted molar refractivity (Wildman–Crippen MR) is 74.4 cm³/mol. The average molecular weight is 295 g/mol. The number of hydrogen-bond acceptors (Lipinski definition) is 5. The van der Waals surface area contributed by atoms with Crippen LogP contribution >= 0.6 is 0 Å². The van der Waals surface area contributed by atoms with Gasteiger partial charge in [0.2, 0.25) is 5.91 Å². The second-order valence-corrected chi connectivity index (χ2v) is 4.27. The topological polar surface area (TPSA) is 111 Å². The number of carbonyl (C=O) groups is 2. The number of benzene rings is 1. The number of nitrogens with zero attached hydrogens (tertiary/aromatic N) is 1. The van der Waals surface area contributed by atoms with E-state index in [0.717, 1.165) is 0 Å². The van der Waals surface area contributed by atoms with Gasteiger partial charge in [-0.3, -0.25) is 30.6 Å². The van der Waals surface area contributed by atoms with Crippen molar-refractivity contribution in [1.82, 2.24) is 10.9 Å². The van der Waals surface area contributed by atoms with E-state index in [1.54, 1.807) is 6.07 Å². The highest BCUT2D eigenvalue weighted by atomic mass is 16.6. The highest BCUT2D eigenvalue weighted by Gasteiger charge is 2.20. The van der Waals surface area contributed by atoms with Crippen LogP contribution in [0.2, 0.25) is 0 Å². The summed E-state index contributed by atoms with van der Waals surface area (Å²) in [6, 6.07) is 5.75. The zero-order valence-electron chi connectivity index (χ0n) is 11.8. The van der Waals surface area contributed by atoms with Crippen LogP contribution in [-0.4, -0.2) is 22.8 Å². The van der Waals surface area contributed by atoms with Crippen molar-refractivity contribution in [3.05, 3.63) is 34.4 Å². The smallest absolute Gasteiger partial charge is 0.310 e. The molecule has 0 saturated carbocycles. The Morgan fingerprint density at radius 3 is 2.62 bits per heavy atom. The second-order valence-electron chi connectivity index (χ2n) is 4.27. The fraction of sp³-hybridized carbons (Fsp3) is 0.385. The number of nitrogens with one attached hydrogen (secondary N) is 2. The summed E-state index contributed by atoms with van der Waals surface area (Å²) in [7, 11) is 0. The minimum Gasteiger partial charge on any atom is -0.474 e. The molecule has 1 aromatic rings. The Kier molecular flexibility index (Phi) is 6.12. The lowest BCUT2D eigenvalue weighted by Crippen LogP contribution is -2.47. The molecule has 0 radical (unpaired) electrons. The molecular formula is C13H17N3O5. The normalized spacial score (nSPS) is 11.3. The number of carbonyl (C=O) groups excluding carboxylic acids is 2. The van der Waals surface area contributed by atoms with Gasteiger partial charge in [-0.25, -0.2) is 0 Å². The summed E-state index contributed by atoms with van der Waals surface area (Å²) in [5, 5.41) is 10.8. The molecule has 0 aromatic heterocycles. The molecular weight excluding hydrogens is 278 g/mol. The molecule has 0 aliphatic carbocycles. The van der Waals surface area contributed by atoms with Gasteiger partial charge in [-0.2, -0.15) is 0 Å². The van der Waals surface area contributed by atoms with Crippen LogP contribution in [0.15, 0.2) is 24.3 Å². The van der Waals surface area contributed by atoms with Crippen molar-refractivity contribution in [2.24, 2.45) is 0 Å². The molecule has 0 aliphatic heterocycles. The summed E-state index contributed by atoms with van der Waals surface area (Å²) in [6.45, 7) is 3.26. The molecule has 0 aliphatic rings. The first-order chi connectivity index (χ1) is 9.95. The van der Waals surface area contributed by atoms with Gasteiger partial charge in [0.25, 0.3) is 5.91 Å². The van der Waals surface area contributed by atoms with E-state index in [9.17, 15) is 19.7 Å². The lowest BCUT2D eigenvalue weighted by molar-refractivity contribution is -0.386. The van der Waals surface area contributed by atoms with Gasteiger partial charge in [0, 0.05) is 12.5 Å². The van der Waals surface area contributed by atoms with Crippen LogP contribution in [0.4, 0.5) is 5.69 Å². The number of nitro benzene ring substituents is 1. The summed E-state index contributed by atoms with van der Waals surface area (Å²) in [4.78, 5) is 33.2. The Balaban J connectivity index is 2.60. The molecule has 2 N–H and O–H groups in total. The maximum Gasteiger partial charge on any atom is 0.310 e. The summed E-state index contributed by atoms with van der Waals surface area (Å²) in [6.07, 6.45) is -0.0445. The molecule has 0 fully saturated rings. The molecule has 2 amide bonds. The lowest BCUT2D eigenvalue weighted by atomic mass is 10.3. The predicted octanol–water partition coefficient (Wildman–Crippen LogP) is 1.31. The largest absolute Gasteiger partial charge is 0.474 e. The second kappa shape index (κ2) is 7.83. The first-order valence-electron chi connectivity index (χ1n) is 6.44. The van der Waals surface area contributed by atoms with Gasteiger partial charge < -0.3 is 4.74 Å². The van der Waals surface area contributed by atoms with E-state index in [1.807, 2.05) is 6.92 Å². The molecule has 1 rings (SSSR count). The van der Waals surface area contributed by atoms with Gasteiger partial charge in [-0.05, 0) is 19.4 Å². The zero-order chi connectivity index (χ0) is 15.8. The quantitative estimate of drug-likeness (QED) is 0.607. The third-order valence-electron chi connectivity index (χ3n) is 2.54. The molecule has 1 aromatic carbocycles. The molecule has 0 heterocycles. The van der Waals surface area contributed by atoms with Crippen LogP contribution in [0.5, 0.6) is 5.75 Å². The van der Waals surface area contributed by atoms with Gasteiger partial charge in [0.15, 0.2) is 11.9 Å². The standard InChI is InChI=1S/C13H17N3O5/c1-3-6-12(17)14-15-13(18)9(2)21-11-8-5-4-7-10(11)16(19)20/h4-5,7-9H,3,6H2,1-2H3,(H,14,17)(H,15,18). The first kappa shape index (κ1) is 16.4. The van der Waals surface area contributed by atoms with Gasteiger partial charge in [0.1, 0.15) is 0 Å². The van der Waals surface area contributed by atoms with Crippen molar-refractivity contribution in [2.75, 3.05) is 0 Å². The third kappa shape index (κ3) is 5.09. The van der Waals surface area contributed by atoms with Crippen LogP contribution in [0.3, 0.4) is 0 Å². The van der Waals surface area contributed by atoms with E-state index in [4.69, 9.17) is 4.74 Å². The van der Waals surface area contributed by atoms with Gasteiger partial charge >= 0.3 is 5.69 Å². The number of hydrogen-bond donors (Lipinski definition) is 2. The van der Waals surface area contributed by atoms with Crippen LogP contribution in [0.1, 0.15) is 26.7 Å². The van der Waals surface area contributed by atoms with Crippen LogP contribution in [0, 0.1) is 10.1 Å². The molecule has 8 nitrogen and oxygen atoms in total. The van der Waals surface area contributed by atoms with E-state index < -0.39 is 16.9 Å². The first-order valence-corrected chi connectivity index (χ1v) is 6.44. The minimum absolute atomic E-state index is 0.00923. The Labute approximate surface area is 121 Å². The van der Waals surface area contributed by atoms with E-state index >= 15 is 0 Å². The molecule has 21 heavy (non-hydrogen) atoms. The fourth-order valence-corrected chi connectivity index (χ4v) is 1.47. The highest BCUT2D eigenvalue weighted by Crippen LogP contribution is 2.26. The average Bonchev–Trinajstić information content (AvgIpc) is 2.45. The lowest BCUT2D eigenvalue weighted by Gasteiger charge is -2.15. The Morgan fingerprint density at radius 2 is 2.00 bits per heavy atom. The number of amides is 2. The highest BCUT2D eigenvalue weighted by molar-refractivity contribution is 5.84. The van der Waals surface area contributed by atoms with Crippen LogP contribution < -0.4 is 15.6 Å². The Morgan fingerprint density at radius 1 is 1.33 bits per heavy atom. The van der Waals surface area contributed by atoms with Crippen molar-refractivity contribution in [3.8, 4) is 5.75 Å². The number of hydrazine groups is 1. The molecule has 0 spiro atoms. The van der Waals surface area contributed by atoms with Gasteiger partial charge in [-0.1, -0.05) is 19.1 Å². The molecule has 0 saturated heterocycles. The molecule has 0 bridgehead atoms. The maximum atomic E-state index is 11.7. The van der Waals surface area contributed by atoms with E-state index in [1.165, 1.54) is 25.1 Å². The van der Waals surface area contributed by atoms with Crippen molar-refractivity contribution in [3.63, 3.8) is 0 Å². The van der Waals surface area contributed by atoms with Crippen LogP contribution in [0.25, 0.3) is 0 Å². The van der Waals surface area contributed by atoms with Crippen molar-refractivity contribution < 1.29 is 19.2 Å². The zero-order valence-corrected chi connectivity index (χ0v) is 11.8. The van der Waals surface area contributed by atoms with Crippen molar-refractivity contribution >= 4 is 17.5 Å². The van der Waals surface area contributed by atoms with E-state index in [2.05, 4.69) is 10.9 Å². The number of para-hydroxylation sites is 2. The SMILES string of the molecule is CCCC(=O)NNC(=O)C(C)Oc1ccccc1[N+](=O)[O-]. The number of ether oxygens (including phenoxy) is 1. The molecule has 8 heteroatoms. The summed E-state index contributed by atoms with van der Waals surface area (Å²) in [5.74, 6) is -0.925. The number of rotatable bonds is 6. The van der Waals surface area contributed by atoms with Crippen LogP contribution in [-0.2, 0) is 9.59 Å². The summed E-state index contributed by atoms with van der Waals surface area (Å²) in [5.41, 5.74) is 4.21.